The number of hydrogen-bond acceptors (Lipinski definition) is 3. The zero-order chi connectivity index (χ0) is 17.5. The van der Waals surface area contributed by atoms with Crippen LogP contribution in [0.25, 0.3) is 5.69 Å². The van der Waals surface area contributed by atoms with Gasteiger partial charge in [0.2, 0.25) is 5.91 Å². The van der Waals surface area contributed by atoms with E-state index in [1.807, 2.05) is 6.07 Å². The lowest BCUT2D eigenvalue weighted by Crippen LogP contribution is -2.25. The average Bonchev–Trinajstić information content (AvgIpc) is 3.02. The molecule has 2 rings (SSSR count). The Morgan fingerprint density at radius 2 is 1.96 bits per heavy atom. The maximum absolute atomic E-state index is 12.0. The fourth-order valence-corrected chi connectivity index (χ4v) is 2.66. The number of nitrogens with zero attached hydrogens (tertiary/aromatic N) is 3. The zero-order valence-electron chi connectivity index (χ0n) is 13.9. The van der Waals surface area contributed by atoms with E-state index in [0.29, 0.717) is 22.3 Å². The second kappa shape index (κ2) is 9.06. The highest BCUT2D eigenvalue weighted by atomic mass is 35.5. The van der Waals surface area contributed by atoms with Gasteiger partial charge >= 0.3 is 0 Å². The van der Waals surface area contributed by atoms with Crippen LogP contribution >= 0.6 is 23.2 Å². The van der Waals surface area contributed by atoms with Gasteiger partial charge in [-0.3, -0.25) is 4.79 Å². The quantitative estimate of drug-likeness (QED) is 0.757. The van der Waals surface area contributed by atoms with Crippen LogP contribution < -0.4 is 5.32 Å². The highest BCUT2D eigenvalue weighted by Crippen LogP contribution is 2.24. The van der Waals surface area contributed by atoms with E-state index in [1.54, 1.807) is 29.1 Å². The Morgan fingerprint density at radius 3 is 2.62 bits per heavy atom. The number of nitrogens with one attached hydrogen (secondary N) is 1. The van der Waals surface area contributed by atoms with Crippen LogP contribution in [0.4, 0.5) is 5.82 Å². The predicted molar refractivity (Wildman–Crippen MR) is 99.2 cm³/mol. The average molecular weight is 369 g/mol. The van der Waals surface area contributed by atoms with Crippen LogP contribution in [-0.4, -0.2) is 40.2 Å². The summed E-state index contributed by atoms with van der Waals surface area (Å²) in [5.41, 5.74) is 0.784. The van der Waals surface area contributed by atoms with E-state index in [9.17, 15) is 4.79 Å². The molecule has 0 fully saturated rings. The Kier molecular flexibility index (Phi) is 7.09. The van der Waals surface area contributed by atoms with Gasteiger partial charge in [-0.05, 0) is 44.3 Å². The number of aromatic nitrogens is 2. The van der Waals surface area contributed by atoms with E-state index in [0.717, 1.165) is 31.7 Å². The summed E-state index contributed by atoms with van der Waals surface area (Å²) in [4.78, 5) is 14.3. The highest BCUT2D eigenvalue weighted by molar-refractivity contribution is 6.42. The smallest absolute Gasteiger partial charge is 0.225 e. The summed E-state index contributed by atoms with van der Waals surface area (Å²) in [6.07, 6.45) is 3.09. The Morgan fingerprint density at radius 1 is 1.21 bits per heavy atom. The first-order valence-electron chi connectivity index (χ1n) is 8.06. The van der Waals surface area contributed by atoms with Gasteiger partial charge in [-0.15, -0.1) is 0 Å². The third kappa shape index (κ3) is 5.23. The summed E-state index contributed by atoms with van der Waals surface area (Å²) < 4.78 is 1.65. The molecule has 1 amide bonds. The molecule has 1 aromatic carbocycles. The molecule has 0 aliphatic heterocycles. The van der Waals surface area contributed by atoms with Gasteiger partial charge < -0.3 is 10.2 Å². The minimum atomic E-state index is -0.0263. The van der Waals surface area contributed by atoms with Gasteiger partial charge in [0.25, 0.3) is 0 Å². The molecule has 0 spiro atoms. The van der Waals surface area contributed by atoms with E-state index in [2.05, 4.69) is 29.2 Å². The first-order valence-corrected chi connectivity index (χ1v) is 8.82. The molecule has 0 saturated heterocycles. The second-order valence-corrected chi connectivity index (χ2v) is 6.24. The number of carbonyl (C=O) groups excluding carboxylic acids is 1. The lowest BCUT2D eigenvalue weighted by atomic mass is 10.2. The van der Waals surface area contributed by atoms with Gasteiger partial charge in [0, 0.05) is 18.7 Å². The summed E-state index contributed by atoms with van der Waals surface area (Å²) >= 11 is 11.9. The van der Waals surface area contributed by atoms with E-state index < -0.39 is 0 Å². The van der Waals surface area contributed by atoms with Gasteiger partial charge in [-0.2, -0.15) is 5.10 Å². The number of amides is 1. The maximum atomic E-state index is 12.0. The van der Waals surface area contributed by atoms with Crippen LogP contribution in [0.3, 0.4) is 0 Å². The van der Waals surface area contributed by atoms with Gasteiger partial charge in [-0.1, -0.05) is 37.0 Å². The molecule has 0 unspecified atom stereocenters. The molecule has 0 atom stereocenters. The molecule has 1 heterocycles. The molecule has 0 bridgehead atoms. The summed E-state index contributed by atoms with van der Waals surface area (Å²) in [5.74, 6) is 0.496. The fourth-order valence-electron chi connectivity index (χ4n) is 2.37. The normalized spacial score (nSPS) is 11.0. The molecule has 1 aromatic heterocycles. The van der Waals surface area contributed by atoms with Crippen molar-refractivity contribution in [3.05, 3.63) is 40.5 Å². The monoisotopic (exact) mass is 368 g/mol. The Labute approximate surface area is 152 Å². The van der Waals surface area contributed by atoms with Gasteiger partial charge in [-0.25, -0.2) is 4.68 Å². The Bertz CT molecular complexity index is 683. The van der Waals surface area contributed by atoms with Crippen molar-refractivity contribution in [1.29, 1.82) is 0 Å². The van der Waals surface area contributed by atoms with Crippen molar-refractivity contribution in [3.8, 4) is 5.69 Å². The van der Waals surface area contributed by atoms with Crippen LogP contribution in [0.1, 0.15) is 26.7 Å². The van der Waals surface area contributed by atoms with E-state index in [1.165, 1.54) is 0 Å². The van der Waals surface area contributed by atoms with Crippen LogP contribution in [0.2, 0.25) is 10.0 Å². The summed E-state index contributed by atoms with van der Waals surface area (Å²) in [7, 11) is 0. The topological polar surface area (TPSA) is 50.2 Å². The largest absolute Gasteiger partial charge is 0.309 e. The summed E-state index contributed by atoms with van der Waals surface area (Å²) in [6.45, 7) is 7.19. The number of rotatable bonds is 8. The molecule has 5 nitrogen and oxygen atoms in total. The molecule has 24 heavy (non-hydrogen) atoms. The minimum Gasteiger partial charge on any atom is -0.309 e. The molecule has 0 radical (unpaired) electrons. The van der Waals surface area contributed by atoms with Gasteiger partial charge in [0.15, 0.2) is 5.82 Å². The first-order chi connectivity index (χ1) is 11.5. The van der Waals surface area contributed by atoms with Crippen molar-refractivity contribution >= 4 is 34.9 Å². The third-order valence-corrected chi connectivity index (χ3v) is 4.54. The number of anilines is 1. The number of hydrogen-bond donors (Lipinski definition) is 1. The van der Waals surface area contributed by atoms with Gasteiger partial charge in [0.05, 0.1) is 15.7 Å². The number of carbonyl (C=O) groups is 1. The SMILES string of the molecule is CCN(CC)CCCC(=O)Nc1ccn(-c2ccc(Cl)c(Cl)c2)n1. The van der Waals surface area contributed by atoms with Crippen LogP contribution in [0.15, 0.2) is 30.5 Å². The molecule has 0 saturated carbocycles. The van der Waals surface area contributed by atoms with Crippen molar-refractivity contribution in [3.63, 3.8) is 0 Å². The zero-order valence-corrected chi connectivity index (χ0v) is 15.4. The fraction of sp³-hybridized carbons (Fsp3) is 0.412. The Balaban J connectivity index is 1.89. The molecule has 7 heteroatoms. The third-order valence-electron chi connectivity index (χ3n) is 3.80. The predicted octanol–water partition coefficient (Wildman–Crippen LogP) is 4.24. The van der Waals surface area contributed by atoms with E-state index in [4.69, 9.17) is 23.2 Å². The molecule has 0 aliphatic rings. The van der Waals surface area contributed by atoms with Crippen molar-refractivity contribution in [1.82, 2.24) is 14.7 Å². The summed E-state index contributed by atoms with van der Waals surface area (Å²) in [6, 6.07) is 7.01. The first kappa shape index (κ1) is 18.8. The van der Waals surface area contributed by atoms with Crippen molar-refractivity contribution in [2.45, 2.75) is 26.7 Å². The second-order valence-electron chi connectivity index (χ2n) is 5.42. The van der Waals surface area contributed by atoms with E-state index in [-0.39, 0.29) is 5.91 Å². The van der Waals surface area contributed by atoms with Gasteiger partial charge in [0.1, 0.15) is 0 Å². The van der Waals surface area contributed by atoms with Crippen molar-refractivity contribution < 1.29 is 4.79 Å². The number of benzene rings is 1. The minimum absolute atomic E-state index is 0.0263. The molecular formula is C17H22Cl2N4O. The standard InChI is InChI=1S/C17H22Cl2N4O/c1-3-22(4-2)10-5-6-17(24)20-16-9-11-23(21-16)13-7-8-14(18)15(19)12-13/h7-9,11-12H,3-6,10H2,1-2H3,(H,20,21,24). The van der Waals surface area contributed by atoms with Crippen molar-refractivity contribution in [2.24, 2.45) is 0 Å². The van der Waals surface area contributed by atoms with Crippen LogP contribution in [-0.2, 0) is 4.79 Å². The molecule has 0 aliphatic carbocycles. The molecule has 2 aromatic rings. The lowest BCUT2D eigenvalue weighted by Gasteiger charge is -2.17. The molecule has 1 N–H and O–H groups in total. The highest BCUT2D eigenvalue weighted by Gasteiger charge is 2.08. The van der Waals surface area contributed by atoms with Crippen LogP contribution in [0.5, 0.6) is 0 Å². The summed E-state index contributed by atoms with van der Waals surface area (Å²) in [5, 5.41) is 8.12. The van der Waals surface area contributed by atoms with Crippen molar-refractivity contribution in [2.75, 3.05) is 25.0 Å². The lowest BCUT2D eigenvalue weighted by molar-refractivity contribution is -0.116. The number of halogens is 2. The molecular weight excluding hydrogens is 347 g/mol. The molecule has 130 valence electrons. The van der Waals surface area contributed by atoms with Crippen LogP contribution in [0, 0.1) is 0 Å². The van der Waals surface area contributed by atoms with E-state index >= 15 is 0 Å². The Hall–Kier alpha value is -1.56. The maximum Gasteiger partial charge on any atom is 0.225 e.